The molecule has 1 heteroatoms. The van der Waals surface area contributed by atoms with Gasteiger partial charge in [-0.3, -0.25) is 0 Å². The molecule has 42 valence electrons. The molecule has 0 atom stereocenters. The van der Waals surface area contributed by atoms with Crippen molar-refractivity contribution in [2.75, 3.05) is 0 Å². The van der Waals surface area contributed by atoms with Gasteiger partial charge in [-0.1, -0.05) is 30.7 Å². The summed E-state index contributed by atoms with van der Waals surface area (Å²) in [6.07, 6.45) is 8.92. The Morgan fingerprint density at radius 2 is 2.38 bits per heavy atom. The van der Waals surface area contributed by atoms with Crippen LogP contribution in [0.25, 0.3) is 0 Å². The van der Waals surface area contributed by atoms with E-state index >= 15 is 0 Å². The average Bonchev–Trinajstić information content (AvgIpc) is 2.14. The standard InChI is InChI=1S/C7H10.Be.2H/c1-2-7-5-3-4-6-7;;;/h3-5H,2,6H2,1H3;;;. The molecule has 0 amide bonds. The van der Waals surface area contributed by atoms with E-state index in [0.717, 1.165) is 0 Å². The molecule has 0 heterocycles. The molecule has 0 fully saturated rings. The molecule has 0 bridgehead atoms. The van der Waals surface area contributed by atoms with Crippen molar-refractivity contribution in [3.05, 3.63) is 23.8 Å². The Labute approximate surface area is 54.5 Å². The fraction of sp³-hybridized carbons (Fsp3) is 0.429. The van der Waals surface area contributed by atoms with Crippen LogP contribution in [-0.4, -0.2) is 10.1 Å². The van der Waals surface area contributed by atoms with E-state index in [9.17, 15) is 0 Å². The van der Waals surface area contributed by atoms with Crippen LogP contribution in [-0.2, 0) is 0 Å². The maximum atomic E-state index is 2.19. The van der Waals surface area contributed by atoms with Gasteiger partial charge in [0, 0.05) is 0 Å². The summed E-state index contributed by atoms with van der Waals surface area (Å²) in [5.74, 6) is 0. The van der Waals surface area contributed by atoms with Crippen LogP contribution in [0.15, 0.2) is 23.8 Å². The molecule has 8 heavy (non-hydrogen) atoms. The van der Waals surface area contributed by atoms with Crippen molar-refractivity contribution in [3.63, 3.8) is 0 Å². The SMILES string of the molecule is CCC1=CC=CC1.[BeH2]. The number of hydrogen-bond acceptors (Lipinski definition) is 0. The average molecular weight is 105 g/mol. The Bertz CT molecular complexity index is 112. The van der Waals surface area contributed by atoms with Crippen LogP contribution < -0.4 is 0 Å². The van der Waals surface area contributed by atoms with E-state index in [0.29, 0.717) is 0 Å². The first-order valence-corrected chi connectivity index (χ1v) is 2.78. The monoisotopic (exact) mass is 105 g/mol. The first kappa shape index (κ1) is 7.65. The summed E-state index contributed by atoms with van der Waals surface area (Å²) >= 11 is 0. The second-order valence-corrected chi connectivity index (χ2v) is 1.81. The predicted molar refractivity (Wildman–Crippen MR) is 40.7 cm³/mol. The van der Waals surface area contributed by atoms with E-state index in [1.54, 1.807) is 5.57 Å². The van der Waals surface area contributed by atoms with Gasteiger partial charge < -0.3 is 0 Å². The molecule has 0 unspecified atom stereocenters. The molecule has 0 aliphatic heterocycles. The van der Waals surface area contributed by atoms with Crippen molar-refractivity contribution in [1.82, 2.24) is 0 Å². The second kappa shape index (κ2) is 3.63. The van der Waals surface area contributed by atoms with Crippen molar-refractivity contribution >= 4 is 10.1 Å². The number of allylic oxidation sites excluding steroid dienone is 4. The van der Waals surface area contributed by atoms with Gasteiger partial charge in [0.15, 0.2) is 0 Å². The van der Waals surface area contributed by atoms with Crippen LogP contribution >= 0.6 is 0 Å². The molecular formula is C7H12Be. The summed E-state index contributed by atoms with van der Waals surface area (Å²) in [6.45, 7) is 2.19. The first-order valence-electron chi connectivity index (χ1n) is 2.78. The summed E-state index contributed by atoms with van der Waals surface area (Å²) in [7, 11) is 0. The number of hydrogen-bond donors (Lipinski definition) is 0. The molecule has 0 saturated carbocycles. The zero-order valence-corrected chi connectivity index (χ0v) is 4.65. The quantitative estimate of drug-likeness (QED) is 0.442. The van der Waals surface area contributed by atoms with Crippen LogP contribution in [0.5, 0.6) is 0 Å². The third-order valence-electron chi connectivity index (χ3n) is 1.30. The van der Waals surface area contributed by atoms with Gasteiger partial charge in [0.05, 0.1) is 0 Å². The summed E-state index contributed by atoms with van der Waals surface area (Å²) in [4.78, 5) is 0. The van der Waals surface area contributed by atoms with Crippen LogP contribution in [0.1, 0.15) is 19.8 Å². The first-order chi connectivity index (χ1) is 3.43. The predicted octanol–water partition coefficient (Wildman–Crippen LogP) is 1.37. The van der Waals surface area contributed by atoms with E-state index in [1.165, 1.54) is 12.8 Å². The van der Waals surface area contributed by atoms with Crippen LogP contribution in [0, 0.1) is 0 Å². The molecule has 0 radical (unpaired) electrons. The van der Waals surface area contributed by atoms with Gasteiger partial charge in [0.25, 0.3) is 0 Å². The fourth-order valence-corrected chi connectivity index (χ4v) is 0.754. The normalized spacial score (nSPS) is 15.4. The Morgan fingerprint density at radius 3 is 2.62 bits per heavy atom. The van der Waals surface area contributed by atoms with Gasteiger partial charge in [0.2, 0.25) is 0 Å². The summed E-state index contributed by atoms with van der Waals surface area (Å²) in [6, 6.07) is 0. The third-order valence-corrected chi connectivity index (χ3v) is 1.30. The van der Waals surface area contributed by atoms with E-state index in [-0.39, 0.29) is 10.1 Å². The van der Waals surface area contributed by atoms with Crippen molar-refractivity contribution in [1.29, 1.82) is 0 Å². The summed E-state index contributed by atoms with van der Waals surface area (Å²) in [5, 5.41) is 0. The van der Waals surface area contributed by atoms with Crippen molar-refractivity contribution in [3.8, 4) is 0 Å². The molecule has 0 nitrogen and oxygen atoms in total. The Balaban J connectivity index is 0.000000490. The van der Waals surface area contributed by atoms with E-state index in [4.69, 9.17) is 0 Å². The van der Waals surface area contributed by atoms with Gasteiger partial charge in [-0.15, -0.1) is 0 Å². The van der Waals surface area contributed by atoms with Gasteiger partial charge in [-0.25, -0.2) is 0 Å². The Kier molecular flexibility index (Phi) is 3.47. The van der Waals surface area contributed by atoms with Crippen LogP contribution in [0.2, 0.25) is 0 Å². The van der Waals surface area contributed by atoms with Crippen molar-refractivity contribution in [2.45, 2.75) is 19.8 Å². The fourth-order valence-electron chi connectivity index (χ4n) is 0.754. The molecule has 1 aliphatic rings. The molecule has 0 aromatic heterocycles. The minimum absolute atomic E-state index is 0. The van der Waals surface area contributed by atoms with Gasteiger partial charge >= 0.3 is 10.1 Å². The van der Waals surface area contributed by atoms with Gasteiger partial charge in [-0.05, 0) is 12.8 Å². The summed E-state index contributed by atoms with van der Waals surface area (Å²) < 4.78 is 0. The molecule has 0 N–H and O–H groups in total. The van der Waals surface area contributed by atoms with Gasteiger partial charge in [-0.2, -0.15) is 0 Å². The topological polar surface area (TPSA) is 0 Å². The Hall–Kier alpha value is -0.351. The van der Waals surface area contributed by atoms with E-state index < -0.39 is 0 Å². The molecule has 0 aromatic rings. The van der Waals surface area contributed by atoms with Crippen molar-refractivity contribution in [2.24, 2.45) is 0 Å². The zero-order valence-electron chi connectivity index (χ0n) is 4.65. The van der Waals surface area contributed by atoms with Crippen LogP contribution in [0.4, 0.5) is 0 Å². The molecule has 0 aromatic carbocycles. The molecular weight excluding hydrogens is 93.1 g/mol. The second-order valence-electron chi connectivity index (χ2n) is 1.81. The third kappa shape index (κ3) is 1.63. The molecule has 0 spiro atoms. The number of rotatable bonds is 1. The Morgan fingerprint density at radius 1 is 1.62 bits per heavy atom. The molecule has 0 saturated heterocycles. The van der Waals surface area contributed by atoms with Gasteiger partial charge in [0.1, 0.15) is 0 Å². The van der Waals surface area contributed by atoms with Crippen LogP contribution in [0.3, 0.4) is 0 Å². The maximum absolute atomic E-state index is 2.19. The minimum atomic E-state index is 0. The van der Waals surface area contributed by atoms with E-state index in [1.807, 2.05) is 0 Å². The van der Waals surface area contributed by atoms with E-state index in [2.05, 4.69) is 25.2 Å². The zero-order chi connectivity index (χ0) is 5.11. The molecule has 1 rings (SSSR count). The molecule has 1 aliphatic carbocycles. The summed E-state index contributed by atoms with van der Waals surface area (Å²) in [5.41, 5.74) is 1.56. The van der Waals surface area contributed by atoms with Crippen molar-refractivity contribution < 1.29 is 0 Å².